The van der Waals surface area contributed by atoms with Crippen LogP contribution in [0.1, 0.15) is 6.92 Å². The fourth-order valence-corrected chi connectivity index (χ4v) is 0.864. The molecular weight excluding hydrogens is 146 g/mol. The van der Waals surface area contributed by atoms with E-state index in [-0.39, 0.29) is 25.3 Å². The molecule has 0 aliphatic carbocycles. The van der Waals surface area contributed by atoms with Crippen LogP contribution in [0.2, 0.25) is 0 Å². The van der Waals surface area contributed by atoms with Crippen LogP contribution < -0.4 is 5.32 Å². The van der Waals surface area contributed by atoms with E-state index in [2.05, 4.69) is 5.32 Å². The lowest BCUT2D eigenvalue weighted by molar-refractivity contribution is 0.130. The van der Waals surface area contributed by atoms with Gasteiger partial charge in [0.15, 0.2) is 0 Å². The highest BCUT2D eigenvalue weighted by molar-refractivity contribution is 4.68. The van der Waals surface area contributed by atoms with Gasteiger partial charge in [0.1, 0.15) is 0 Å². The van der Waals surface area contributed by atoms with E-state index in [1.54, 1.807) is 7.11 Å². The van der Waals surface area contributed by atoms with Crippen LogP contribution in [0.4, 0.5) is 0 Å². The van der Waals surface area contributed by atoms with E-state index in [4.69, 9.17) is 14.9 Å². The van der Waals surface area contributed by atoms with E-state index in [1.807, 2.05) is 6.92 Å². The molecule has 68 valence electrons. The molecule has 0 unspecified atom stereocenters. The van der Waals surface area contributed by atoms with Crippen LogP contribution in [-0.2, 0) is 4.74 Å². The Hall–Kier alpha value is -0.160. The van der Waals surface area contributed by atoms with Gasteiger partial charge in [-0.2, -0.15) is 0 Å². The molecule has 0 bridgehead atoms. The topological polar surface area (TPSA) is 61.7 Å². The molecule has 0 aromatic rings. The van der Waals surface area contributed by atoms with Gasteiger partial charge in [-0.25, -0.2) is 0 Å². The molecule has 0 aliphatic heterocycles. The number of aliphatic hydroxyl groups excluding tert-OH is 2. The fraction of sp³-hybridized carbons (Fsp3) is 1.00. The first kappa shape index (κ1) is 10.8. The average Bonchev–Trinajstić information content (AvgIpc) is 2.01. The second-order valence-corrected chi connectivity index (χ2v) is 2.59. The highest BCUT2D eigenvalue weighted by Crippen LogP contribution is 1.86. The summed E-state index contributed by atoms with van der Waals surface area (Å²) in [6.07, 6.45) is 0. The van der Waals surface area contributed by atoms with E-state index in [0.29, 0.717) is 6.61 Å². The van der Waals surface area contributed by atoms with E-state index < -0.39 is 0 Å². The predicted molar refractivity (Wildman–Crippen MR) is 42.4 cm³/mol. The van der Waals surface area contributed by atoms with E-state index >= 15 is 0 Å². The Labute approximate surface area is 67.2 Å². The van der Waals surface area contributed by atoms with Gasteiger partial charge in [-0.15, -0.1) is 0 Å². The van der Waals surface area contributed by atoms with Gasteiger partial charge >= 0.3 is 0 Å². The summed E-state index contributed by atoms with van der Waals surface area (Å²) in [5, 5.41) is 20.4. The summed E-state index contributed by atoms with van der Waals surface area (Å²) in [4.78, 5) is 0. The van der Waals surface area contributed by atoms with E-state index in [0.717, 1.165) is 0 Å². The maximum absolute atomic E-state index is 8.68. The molecule has 0 saturated carbocycles. The SMILES string of the molecule is COC[C@H](C)NC(CO)CO. The van der Waals surface area contributed by atoms with Gasteiger partial charge in [0, 0.05) is 13.2 Å². The van der Waals surface area contributed by atoms with E-state index in [9.17, 15) is 0 Å². The smallest absolute Gasteiger partial charge is 0.0613 e. The molecule has 0 radical (unpaired) electrons. The molecule has 11 heavy (non-hydrogen) atoms. The minimum absolute atomic E-state index is 0.0510. The first-order valence-electron chi connectivity index (χ1n) is 3.71. The van der Waals surface area contributed by atoms with Crippen molar-refractivity contribution in [3.8, 4) is 0 Å². The number of aliphatic hydroxyl groups is 2. The molecule has 0 saturated heterocycles. The molecule has 4 nitrogen and oxygen atoms in total. The van der Waals surface area contributed by atoms with Gasteiger partial charge in [-0.1, -0.05) is 0 Å². The van der Waals surface area contributed by atoms with Crippen molar-refractivity contribution in [2.24, 2.45) is 0 Å². The quantitative estimate of drug-likeness (QED) is 0.468. The van der Waals surface area contributed by atoms with Crippen molar-refractivity contribution >= 4 is 0 Å². The molecule has 1 atom stereocenters. The van der Waals surface area contributed by atoms with Gasteiger partial charge in [0.25, 0.3) is 0 Å². The summed E-state index contributed by atoms with van der Waals surface area (Å²) in [5.41, 5.74) is 0. The molecule has 0 heterocycles. The lowest BCUT2D eigenvalue weighted by Gasteiger charge is -2.18. The summed E-state index contributed by atoms with van der Waals surface area (Å²) in [5.74, 6) is 0. The number of ether oxygens (including phenoxy) is 1. The number of methoxy groups -OCH3 is 1. The molecule has 0 aromatic carbocycles. The van der Waals surface area contributed by atoms with Crippen LogP contribution in [0.3, 0.4) is 0 Å². The summed E-state index contributed by atoms with van der Waals surface area (Å²) in [6.45, 7) is 2.41. The van der Waals surface area contributed by atoms with Crippen molar-refractivity contribution in [1.29, 1.82) is 0 Å². The zero-order chi connectivity index (χ0) is 8.69. The summed E-state index contributed by atoms with van der Waals surface area (Å²) < 4.78 is 4.87. The monoisotopic (exact) mass is 163 g/mol. The molecule has 0 aliphatic rings. The minimum Gasteiger partial charge on any atom is -0.395 e. The highest BCUT2D eigenvalue weighted by atomic mass is 16.5. The van der Waals surface area contributed by atoms with Crippen LogP contribution in [0.15, 0.2) is 0 Å². The Morgan fingerprint density at radius 2 is 1.91 bits per heavy atom. The van der Waals surface area contributed by atoms with Crippen LogP contribution in [0, 0.1) is 0 Å². The van der Waals surface area contributed by atoms with Crippen molar-refractivity contribution in [1.82, 2.24) is 5.32 Å². The highest BCUT2D eigenvalue weighted by Gasteiger charge is 2.08. The zero-order valence-corrected chi connectivity index (χ0v) is 7.08. The second-order valence-electron chi connectivity index (χ2n) is 2.59. The lowest BCUT2D eigenvalue weighted by Crippen LogP contribution is -2.43. The molecule has 0 amide bonds. The Bertz CT molecular complexity index is 85.8. The number of hydrogen-bond acceptors (Lipinski definition) is 4. The Balaban J connectivity index is 3.44. The fourth-order valence-electron chi connectivity index (χ4n) is 0.864. The zero-order valence-electron chi connectivity index (χ0n) is 7.08. The Kier molecular flexibility index (Phi) is 6.45. The van der Waals surface area contributed by atoms with Gasteiger partial charge in [-0.3, -0.25) is 0 Å². The normalized spacial score (nSPS) is 13.9. The standard InChI is InChI=1S/C7H17NO3/c1-6(5-11-2)8-7(3-9)4-10/h6-10H,3-5H2,1-2H3/t6-/m0/s1. The van der Waals surface area contributed by atoms with Crippen molar-refractivity contribution < 1.29 is 14.9 Å². The molecular formula is C7H17NO3. The number of rotatable bonds is 6. The third-order valence-electron chi connectivity index (χ3n) is 1.38. The number of hydrogen-bond donors (Lipinski definition) is 3. The first-order chi connectivity index (χ1) is 5.24. The molecule has 0 aromatic heterocycles. The van der Waals surface area contributed by atoms with Gasteiger partial charge in [0.2, 0.25) is 0 Å². The minimum atomic E-state index is -0.236. The van der Waals surface area contributed by atoms with Crippen molar-refractivity contribution in [2.75, 3.05) is 26.9 Å². The van der Waals surface area contributed by atoms with E-state index in [1.165, 1.54) is 0 Å². The molecule has 0 rings (SSSR count). The van der Waals surface area contributed by atoms with Crippen LogP contribution in [0.5, 0.6) is 0 Å². The van der Waals surface area contributed by atoms with Gasteiger partial charge in [0.05, 0.1) is 25.9 Å². The van der Waals surface area contributed by atoms with Crippen molar-refractivity contribution in [2.45, 2.75) is 19.0 Å². The maximum Gasteiger partial charge on any atom is 0.0613 e. The number of nitrogens with one attached hydrogen (secondary N) is 1. The molecule has 3 N–H and O–H groups in total. The van der Waals surface area contributed by atoms with Crippen molar-refractivity contribution in [3.63, 3.8) is 0 Å². The Morgan fingerprint density at radius 3 is 2.27 bits per heavy atom. The van der Waals surface area contributed by atoms with Gasteiger partial charge < -0.3 is 20.3 Å². The molecule has 0 fully saturated rings. The van der Waals surface area contributed by atoms with Gasteiger partial charge in [-0.05, 0) is 6.92 Å². The predicted octanol–water partition coefficient (Wildman–Crippen LogP) is -1.04. The summed E-state index contributed by atoms with van der Waals surface area (Å²) in [6, 6.07) is -0.0792. The Morgan fingerprint density at radius 1 is 1.36 bits per heavy atom. The first-order valence-corrected chi connectivity index (χ1v) is 3.71. The maximum atomic E-state index is 8.68. The van der Waals surface area contributed by atoms with Crippen molar-refractivity contribution in [3.05, 3.63) is 0 Å². The third kappa shape index (κ3) is 5.15. The molecule has 0 spiro atoms. The van der Waals surface area contributed by atoms with Crippen LogP contribution in [0.25, 0.3) is 0 Å². The van der Waals surface area contributed by atoms with Crippen LogP contribution >= 0.6 is 0 Å². The lowest BCUT2D eigenvalue weighted by atomic mass is 10.2. The largest absolute Gasteiger partial charge is 0.395 e. The summed E-state index contributed by atoms with van der Waals surface area (Å²) >= 11 is 0. The summed E-state index contributed by atoms with van der Waals surface area (Å²) in [7, 11) is 1.62. The molecule has 4 heteroatoms. The average molecular weight is 163 g/mol. The third-order valence-corrected chi connectivity index (χ3v) is 1.38. The van der Waals surface area contributed by atoms with Crippen LogP contribution in [-0.4, -0.2) is 49.2 Å². The second kappa shape index (κ2) is 6.54.